The summed E-state index contributed by atoms with van der Waals surface area (Å²) in [7, 11) is 0. The molecule has 0 spiro atoms. The van der Waals surface area contributed by atoms with Crippen molar-refractivity contribution in [3.05, 3.63) is 243 Å². The van der Waals surface area contributed by atoms with Crippen molar-refractivity contribution >= 4 is 91.9 Å². The first-order valence-electron chi connectivity index (χ1n) is 22.2. The SMILES string of the molecule is c1cc(-c2ccc(N(c3ccc(-c4cc5ccccc5c5ccccc45)cc3)c3cccc4c3sc3ccccc34)cc2)cc(-c2ccccc2-n2c3ccccc3c3ccccc32)c1. The Morgan fingerprint density at radius 1 is 0.323 bits per heavy atom. The molecule has 3 heteroatoms. The first kappa shape index (κ1) is 37.3. The van der Waals surface area contributed by atoms with Gasteiger partial charge in [0.15, 0.2) is 0 Å². The predicted octanol–water partition coefficient (Wildman–Crippen LogP) is 17.9. The van der Waals surface area contributed by atoms with Crippen molar-refractivity contribution < 1.29 is 0 Å². The summed E-state index contributed by atoms with van der Waals surface area (Å²) in [5, 5.41) is 10.2. The fraction of sp³-hybridized carbons (Fsp3) is 0. The molecule has 0 fully saturated rings. The van der Waals surface area contributed by atoms with Crippen LogP contribution < -0.4 is 4.90 Å². The van der Waals surface area contributed by atoms with Gasteiger partial charge in [0.2, 0.25) is 0 Å². The molecule has 2 aromatic heterocycles. The van der Waals surface area contributed by atoms with Gasteiger partial charge in [-0.25, -0.2) is 0 Å². The lowest BCUT2D eigenvalue weighted by Gasteiger charge is -2.26. The van der Waals surface area contributed by atoms with Crippen LogP contribution in [0.15, 0.2) is 243 Å². The van der Waals surface area contributed by atoms with E-state index >= 15 is 0 Å². The Morgan fingerprint density at radius 2 is 0.877 bits per heavy atom. The Bertz CT molecular complexity index is 3900. The normalized spacial score (nSPS) is 11.7. The molecule has 65 heavy (non-hydrogen) atoms. The Labute approximate surface area is 381 Å². The monoisotopic (exact) mass is 844 g/mol. The van der Waals surface area contributed by atoms with Crippen molar-refractivity contribution in [1.82, 2.24) is 4.57 Å². The fourth-order valence-corrected chi connectivity index (χ4v) is 11.4. The molecule has 0 aliphatic heterocycles. The van der Waals surface area contributed by atoms with E-state index in [1.165, 1.54) is 108 Å². The lowest BCUT2D eigenvalue weighted by molar-refractivity contribution is 1.18. The van der Waals surface area contributed by atoms with Gasteiger partial charge in [-0.15, -0.1) is 11.3 Å². The average Bonchev–Trinajstić information content (AvgIpc) is 3.93. The van der Waals surface area contributed by atoms with Crippen molar-refractivity contribution in [2.45, 2.75) is 0 Å². The van der Waals surface area contributed by atoms with Gasteiger partial charge in [-0.05, 0) is 116 Å². The molecule has 0 bridgehead atoms. The van der Waals surface area contributed by atoms with Crippen LogP contribution in [0.25, 0.3) is 103 Å². The van der Waals surface area contributed by atoms with Crippen LogP contribution in [0.2, 0.25) is 0 Å². The number of aromatic nitrogens is 1. The number of benzene rings is 11. The lowest BCUT2D eigenvalue weighted by atomic mass is 9.93. The van der Waals surface area contributed by atoms with Crippen LogP contribution in [0.4, 0.5) is 17.1 Å². The minimum Gasteiger partial charge on any atom is -0.309 e. The number of hydrogen-bond donors (Lipinski definition) is 0. The van der Waals surface area contributed by atoms with Gasteiger partial charge in [-0.3, -0.25) is 0 Å². The molecule has 0 radical (unpaired) electrons. The number of thiophene rings is 1. The van der Waals surface area contributed by atoms with E-state index in [0.717, 1.165) is 11.4 Å². The molecule has 0 aliphatic rings. The van der Waals surface area contributed by atoms with E-state index in [4.69, 9.17) is 0 Å². The molecule has 0 saturated carbocycles. The maximum Gasteiger partial charge on any atom is 0.0640 e. The molecule has 2 heterocycles. The van der Waals surface area contributed by atoms with Crippen molar-refractivity contribution in [3.63, 3.8) is 0 Å². The van der Waals surface area contributed by atoms with Crippen molar-refractivity contribution in [2.75, 3.05) is 4.90 Å². The summed E-state index contributed by atoms with van der Waals surface area (Å²) < 4.78 is 4.99. The molecule has 11 aromatic carbocycles. The van der Waals surface area contributed by atoms with Crippen LogP contribution in [-0.2, 0) is 0 Å². The average molecular weight is 845 g/mol. The molecule has 304 valence electrons. The van der Waals surface area contributed by atoms with E-state index in [0.29, 0.717) is 0 Å². The van der Waals surface area contributed by atoms with E-state index in [-0.39, 0.29) is 0 Å². The maximum absolute atomic E-state index is 2.43. The van der Waals surface area contributed by atoms with Crippen molar-refractivity contribution in [3.8, 4) is 39.1 Å². The molecule has 2 nitrogen and oxygen atoms in total. The number of fused-ring (bicyclic) bond motifs is 9. The summed E-state index contributed by atoms with van der Waals surface area (Å²) in [6.07, 6.45) is 0. The van der Waals surface area contributed by atoms with Crippen molar-refractivity contribution in [2.24, 2.45) is 0 Å². The minimum absolute atomic E-state index is 1.11. The van der Waals surface area contributed by atoms with E-state index in [2.05, 4.69) is 252 Å². The molecule has 0 N–H and O–H groups in total. The summed E-state index contributed by atoms with van der Waals surface area (Å²) in [5.74, 6) is 0. The molecular weight excluding hydrogens is 805 g/mol. The zero-order chi connectivity index (χ0) is 42.8. The molecule has 0 saturated heterocycles. The second-order valence-corrected chi connectivity index (χ2v) is 17.9. The van der Waals surface area contributed by atoms with Crippen LogP contribution in [0, 0.1) is 0 Å². The highest BCUT2D eigenvalue weighted by Crippen LogP contribution is 2.46. The van der Waals surface area contributed by atoms with Gasteiger partial charge >= 0.3 is 0 Å². The summed E-state index contributed by atoms with van der Waals surface area (Å²) >= 11 is 1.87. The number of hydrogen-bond acceptors (Lipinski definition) is 2. The van der Waals surface area contributed by atoms with E-state index in [9.17, 15) is 0 Å². The van der Waals surface area contributed by atoms with Crippen molar-refractivity contribution in [1.29, 1.82) is 0 Å². The summed E-state index contributed by atoms with van der Waals surface area (Å²) in [6, 6.07) is 88.9. The Morgan fingerprint density at radius 3 is 1.63 bits per heavy atom. The standard InChI is InChI=1S/C62H40N2S/c1-2-18-48-45(15-1)40-56(51-21-4-3-20-50(48)51)42-33-37-47(38-34-42)63(60-29-14-25-55-54-24-8-12-30-61(54)65-62(55)60)46-35-31-41(32-36-46)43-16-13-17-44(39-43)49-19-5-9-26-57(49)64-58-27-10-6-22-52(58)53-23-7-11-28-59(53)64/h1-40H. The lowest BCUT2D eigenvalue weighted by Crippen LogP contribution is -2.10. The van der Waals surface area contributed by atoms with E-state index < -0.39 is 0 Å². The molecule has 0 unspecified atom stereocenters. The second kappa shape index (κ2) is 15.2. The highest BCUT2D eigenvalue weighted by molar-refractivity contribution is 7.26. The third-order valence-corrected chi connectivity index (χ3v) is 14.4. The summed E-state index contributed by atoms with van der Waals surface area (Å²) in [4.78, 5) is 2.43. The van der Waals surface area contributed by atoms with E-state index in [1.807, 2.05) is 11.3 Å². The number of nitrogens with zero attached hydrogens (tertiary/aromatic N) is 2. The van der Waals surface area contributed by atoms with Crippen LogP contribution in [0.3, 0.4) is 0 Å². The zero-order valence-electron chi connectivity index (χ0n) is 35.4. The van der Waals surface area contributed by atoms with Gasteiger partial charge in [0.25, 0.3) is 0 Å². The Kier molecular flexibility index (Phi) is 8.75. The molecule has 0 amide bonds. The van der Waals surface area contributed by atoms with Gasteiger partial charge in [0, 0.05) is 43.2 Å². The largest absolute Gasteiger partial charge is 0.309 e. The third kappa shape index (κ3) is 6.16. The zero-order valence-corrected chi connectivity index (χ0v) is 36.2. The van der Waals surface area contributed by atoms with Crippen LogP contribution >= 0.6 is 11.3 Å². The first-order chi connectivity index (χ1) is 32.2. The molecule has 0 atom stereocenters. The smallest absolute Gasteiger partial charge is 0.0640 e. The number of rotatable bonds is 7. The summed E-state index contributed by atoms with van der Waals surface area (Å²) in [5.41, 5.74) is 14.1. The van der Waals surface area contributed by atoms with Gasteiger partial charge in [0.1, 0.15) is 0 Å². The van der Waals surface area contributed by atoms with Crippen LogP contribution in [0.5, 0.6) is 0 Å². The highest BCUT2D eigenvalue weighted by Gasteiger charge is 2.20. The highest BCUT2D eigenvalue weighted by atomic mass is 32.1. The first-order valence-corrected chi connectivity index (χ1v) is 23.1. The molecular formula is C62H40N2S. The van der Waals surface area contributed by atoms with Gasteiger partial charge in [-0.1, -0.05) is 176 Å². The maximum atomic E-state index is 2.43. The number of anilines is 3. The Balaban J connectivity index is 0.912. The molecule has 13 aromatic rings. The van der Waals surface area contributed by atoms with Crippen LogP contribution in [0.1, 0.15) is 0 Å². The predicted molar refractivity (Wildman–Crippen MR) is 280 cm³/mol. The van der Waals surface area contributed by atoms with Gasteiger partial charge in [-0.2, -0.15) is 0 Å². The summed E-state index contributed by atoms with van der Waals surface area (Å²) in [6.45, 7) is 0. The van der Waals surface area contributed by atoms with Crippen LogP contribution in [-0.4, -0.2) is 4.57 Å². The molecule has 0 aliphatic carbocycles. The third-order valence-electron chi connectivity index (χ3n) is 13.2. The van der Waals surface area contributed by atoms with E-state index in [1.54, 1.807) is 0 Å². The van der Waals surface area contributed by atoms with Gasteiger partial charge < -0.3 is 9.47 Å². The van der Waals surface area contributed by atoms with Gasteiger partial charge in [0.05, 0.1) is 27.1 Å². The second-order valence-electron chi connectivity index (χ2n) is 16.8. The number of para-hydroxylation sites is 3. The molecule has 13 rings (SSSR count). The fourth-order valence-electron chi connectivity index (χ4n) is 10.2. The quantitative estimate of drug-likeness (QED) is 0.145. The topological polar surface area (TPSA) is 8.17 Å². The minimum atomic E-state index is 1.11. The Hall–Kier alpha value is -8.24.